The molecule has 0 saturated carbocycles. The Kier molecular flexibility index (Phi) is 3.79. The van der Waals surface area contributed by atoms with E-state index in [2.05, 4.69) is 30.9 Å². The van der Waals surface area contributed by atoms with Crippen molar-refractivity contribution in [2.24, 2.45) is 4.99 Å². The van der Waals surface area contributed by atoms with Crippen molar-refractivity contribution >= 4 is 27.8 Å². The molecule has 0 spiro atoms. The van der Waals surface area contributed by atoms with E-state index in [0.29, 0.717) is 5.89 Å². The molecule has 0 aliphatic rings. The molecule has 0 amide bonds. The molecule has 21 heavy (non-hydrogen) atoms. The predicted octanol–water partition coefficient (Wildman–Crippen LogP) is 3.37. The van der Waals surface area contributed by atoms with Crippen LogP contribution in [-0.2, 0) is 0 Å². The van der Waals surface area contributed by atoms with E-state index in [4.69, 9.17) is 4.42 Å². The zero-order valence-electron chi connectivity index (χ0n) is 10.8. The van der Waals surface area contributed by atoms with Gasteiger partial charge in [0.1, 0.15) is 5.69 Å². The van der Waals surface area contributed by atoms with Crippen molar-refractivity contribution in [1.29, 1.82) is 0 Å². The second kappa shape index (κ2) is 5.88. The third-order valence-corrected chi connectivity index (χ3v) is 3.28. The summed E-state index contributed by atoms with van der Waals surface area (Å²) in [6.07, 6.45) is 4.99. The van der Waals surface area contributed by atoms with Gasteiger partial charge < -0.3 is 9.52 Å². The lowest BCUT2D eigenvalue weighted by molar-refractivity contribution is -0.377. The van der Waals surface area contributed by atoms with Gasteiger partial charge in [-0.1, -0.05) is 15.9 Å². The predicted molar refractivity (Wildman–Crippen MR) is 81.6 cm³/mol. The Morgan fingerprint density at radius 1 is 1.24 bits per heavy atom. The van der Waals surface area contributed by atoms with E-state index in [1.807, 2.05) is 36.4 Å². The fourth-order valence-corrected chi connectivity index (χ4v) is 1.99. The number of pyridine rings is 1. The number of aliphatic imine (C=N–C) groups is 1. The highest BCUT2D eigenvalue weighted by molar-refractivity contribution is 9.10. The van der Waals surface area contributed by atoms with E-state index in [1.54, 1.807) is 12.4 Å². The summed E-state index contributed by atoms with van der Waals surface area (Å²) in [6, 6.07) is 11.1. The minimum Gasteiger partial charge on any atom is -0.479 e. The maximum Gasteiger partial charge on any atom is 0.312 e. The van der Waals surface area contributed by atoms with Crippen molar-refractivity contribution in [3.63, 3.8) is 0 Å². The first kappa shape index (κ1) is 13.5. The number of nitrogens with one attached hydrogen (secondary N) is 1. The van der Waals surface area contributed by atoms with Crippen molar-refractivity contribution in [2.45, 2.75) is 0 Å². The molecule has 0 saturated heterocycles. The van der Waals surface area contributed by atoms with Gasteiger partial charge >= 0.3 is 5.95 Å². The lowest BCUT2D eigenvalue weighted by Gasteiger charge is -1.94. The topological polar surface area (TPSA) is 72.8 Å². The van der Waals surface area contributed by atoms with Crippen LogP contribution < -0.4 is 4.98 Å². The standard InChI is InChI=1S/C15H10BrN3O2/c16-11-5-3-10(4-6-11)14-19-13(15(20)21-14)9-18-12-2-1-7-17-8-12/h1-9,20H/p+1. The normalized spacial score (nSPS) is 11.1. The lowest BCUT2D eigenvalue weighted by Crippen LogP contribution is -1.95. The average Bonchev–Trinajstić information content (AvgIpc) is 2.88. The van der Waals surface area contributed by atoms with Crippen molar-refractivity contribution in [2.75, 3.05) is 0 Å². The van der Waals surface area contributed by atoms with Crippen LogP contribution >= 0.6 is 15.9 Å². The zero-order valence-corrected chi connectivity index (χ0v) is 12.4. The number of aromatic hydroxyl groups is 1. The van der Waals surface area contributed by atoms with Crippen LogP contribution in [-0.4, -0.2) is 16.3 Å². The van der Waals surface area contributed by atoms with Crippen molar-refractivity contribution in [1.82, 2.24) is 4.98 Å². The van der Waals surface area contributed by atoms with E-state index >= 15 is 0 Å². The summed E-state index contributed by atoms with van der Waals surface area (Å²) in [4.78, 5) is 11.4. The van der Waals surface area contributed by atoms with E-state index < -0.39 is 0 Å². The van der Waals surface area contributed by atoms with Gasteiger partial charge in [0.15, 0.2) is 18.1 Å². The van der Waals surface area contributed by atoms with Gasteiger partial charge in [-0.05, 0) is 30.3 Å². The summed E-state index contributed by atoms with van der Waals surface area (Å²) in [5.74, 6) is 0.0950. The molecule has 0 aliphatic carbocycles. The molecule has 1 aromatic carbocycles. The Morgan fingerprint density at radius 3 is 2.76 bits per heavy atom. The molecule has 0 unspecified atom stereocenters. The SMILES string of the molecule is Oc1oc(-c2ccc(Br)cc2)nc1C=Nc1ccc[nH+]c1. The zero-order chi connectivity index (χ0) is 14.7. The average molecular weight is 345 g/mol. The Hall–Kier alpha value is -2.47. The molecule has 3 rings (SSSR count). The number of aromatic amines is 1. The van der Waals surface area contributed by atoms with Crippen LogP contribution in [0.15, 0.2) is 62.7 Å². The van der Waals surface area contributed by atoms with Crippen LogP contribution in [0.25, 0.3) is 11.5 Å². The Bertz CT molecular complexity index is 767. The molecule has 2 N–H and O–H groups in total. The minimum absolute atomic E-state index is 0.253. The van der Waals surface area contributed by atoms with E-state index in [-0.39, 0.29) is 11.6 Å². The van der Waals surface area contributed by atoms with Gasteiger partial charge in [-0.3, -0.25) is 0 Å². The number of hydrogen-bond acceptors (Lipinski definition) is 4. The summed E-state index contributed by atoms with van der Waals surface area (Å²) in [5.41, 5.74) is 1.79. The van der Waals surface area contributed by atoms with Crippen molar-refractivity contribution in [3.8, 4) is 17.4 Å². The Morgan fingerprint density at radius 2 is 2.05 bits per heavy atom. The molecule has 0 radical (unpaired) electrons. The highest BCUT2D eigenvalue weighted by Crippen LogP contribution is 2.26. The molecule has 3 aromatic rings. The molecular formula is C15H11BrN3O2+. The molecule has 0 fully saturated rings. The van der Waals surface area contributed by atoms with Crippen LogP contribution in [0.5, 0.6) is 5.95 Å². The minimum atomic E-state index is -0.253. The van der Waals surface area contributed by atoms with Gasteiger partial charge in [-0.25, -0.2) is 15.0 Å². The molecule has 104 valence electrons. The van der Waals surface area contributed by atoms with Gasteiger partial charge in [0.25, 0.3) is 0 Å². The number of halogens is 1. The van der Waals surface area contributed by atoms with Crippen LogP contribution in [0.4, 0.5) is 5.69 Å². The lowest BCUT2D eigenvalue weighted by atomic mass is 10.2. The molecule has 6 heteroatoms. The number of nitrogens with zero attached hydrogens (tertiary/aromatic N) is 2. The molecule has 2 heterocycles. The monoisotopic (exact) mass is 344 g/mol. The van der Waals surface area contributed by atoms with E-state index in [9.17, 15) is 5.11 Å². The van der Waals surface area contributed by atoms with Gasteiger partial charge in [0, 0.05) is 16.1 Å². The third kappa shape index (κ3) is 3.17. The second-order valence-corrected chi connectivity index (χ2v) is 5.15. The summed E-state index contributed by atoms with van der Waals surface area (Å²) < 4.78 is 6.22. The summed E-state index contributed by atoms with van der Waals surface area (Å²) >= 11 is 3.36. The molecular weight excluding hydrogens is 334 g/mol. The number of oxazole rings is 1. The number of H-pyrrole nitrogens is 1. The van der Waals surface area contributed by atoms with Gasteiger partial charge in [-0.15, -0.1) is 0 Å². The van der Waals surface area contributed by atoms with Gasteiger partial charge in [0.05, 0.1) is 6.21 Å². The fraction of sp³-hybridized carbons (Fsp3) is 0. The fourth-order valence-electron chi connectivity index (χ4n) is 1.72. The smallest absolute Gasteiger partial charge is 0.312 e. The molecule has 0 bridgehead atoms. The Balaban J connectivity index is 1.88. The van der Waals surface area contributed by atoms with Gasteiger partial charge in [0.2, 0.25) is 5.89 Å². The summed E-state index contributed by atoms with van der Waals surface area (Å²) in [5, 5.41) is 9.79. The highest BCUT2D eigenvalue weighted by atomic mass is 79.9. The molecule has 0 aliphatic heterocycles. The molecule has 0 atom stereocenters. The third-order valence-electron chi connectivity index (χ3n) is 2.75. The van der Waals surface area contributed by atoms with Crippen LogP contribution in [0.2, 0.25) is 0 Å². The van der Waals surface area contributed by atoms with E-state index in [1.165, 1.54) is 6.21 Å². The van der Waals surface area contributed by atoms with E-state index in [0.717, 1.165) is 15.7 Å². The second-order valence-electron chi connectivity index (χ2n) is 4.24. The van der Waals surface area contributed by atoms with Crippen LogP contribution in [0, 0.1) is 0 Å². The largest absolute Gasteiger partial charge is 0.479 e. The van der Waals surface area contributed by atoms with Crippen molar-refractivity contribution < 1.29 is 14.5 Å². The quantitative estimate of drug-likeness (QED) is 0.740. The number of aromatic nitrogens is 2. The first-order chi connectivity index (χ1) is 10.2. The number of benzene rings is 1. The maximum atomic E-state index is 9.79. The van der Waals surface area contributed by atoms with Gasteiger partial charge in [-0.2, -0.15) is 0 Å². The molecule has 2 aromatic heterocycles. The number of rotatable bonds is 3. The van der Waals surface area contributed by atoms with Crippen LogP contribution in [0.1, 0.15) is 5.69 Å². The van der Waals surface area contributed by atoms with Crippen molar-refractivity contribution in [3.05, 3.63) is 59.0 Å². The number of hydrogen-bond donors (Lipinski definition) is 1. The highest BCUT2D eigenvalue weighted by Gasteiger charge is 2.12. The summed E-state index contributed by atoms with van der Waals surface area (Å²) in [6.45, 7) is 0. The Labute approximate surface area is 129 Å². The maximum absolute atomic E-state index is 9.79. The first-order valence-corrected chi connectivity index (χ1v) is 6.97. The summed E-state index contributed by atoms with van der Waals surface area (Å²) in [7, 11) is 0. The first-order valence-electron chi connectivity index (χ1n) is 6.18. The van der Waals surface area contributed by atoms with Crippen LogP contribution in [0.3, 0.4) is 0 Å². The molecule has 5 nitrogen and oxygen atoms in total.